The van der Waals surface area contributed by atoms with Gasteiger partial charge in [-0.1, -0.05) is 23.8 Å². The summed E-state index contributed by atoms with van der Waals surface area (Å²) >= 11 is 0. The van der Waals surface area contributed by atoms with Gasteiger partial charge in [-0.05, 0) is 43.2 Å². The first-order valence-electron chi connectivity index (χ1n) is 9.60. The molecule has 1 aromatic heterocycles. The smallest absolute Gasteiger partial charge is 0.222 e. The van der Waals surface area contributed by atoms with Gasteiger partial charge in [0.25, 0.3) is 0 Å². The molecule has 2 heterocycles. The van der Waals surface area contributed by atoms with Crippen molar-refractivity contribution in [1.29, 1.82) is 0 Å². The average Bonchev–Trinajstić information content (AvgIpc) is 3.22. The first-order chi connectivity index (χ1) is 12.5. The molecule has 26 heavy (non-hydrogen) atoms. The maximum Gasteiger partial charge on any atom is 0.222 e. The zero-order valence-corrected chi connectivity index (χ0v) is 15.9. The van der Waals surface area contributed by atoms with Crippen molar-refractivity contribution in [1.82, 2.24) is 20.0 Å². The number of hydrogen-bond acceptors (Lipinski definition) is 3. The van der Waals surface area contributed by atoms with Crippen LogP contribution in [0.3, 0.4) is 0 Å². The Morgan fingerprint density at radius 1 is 1.23 bits per heavy atom. The third kappa shape index (κ3) is 3.16. The first kappa shape index (κ1) is 17.3. The highest BCUT2D eigenvalue weighted by molar-refractivity contribution is 5.77. The van der Waals surface area contributed by atoms with Crippen molar-refractivity contribution in [3.8, 4) is 0 Å². The summed E-state index contributed by atoms with van der Waals surface area (Å²) in [4.78, 5) is 14.2. The summed E-state index contributed by atoms with van der Waals surface area (Å²) in [6.45, 7) is 3.09. The van der Waals surface area contributed by atoms with E-state index in [2.05, 4.69) is 35.5 Å². The van der Waals surface area contributed by atoms with E-state index in [1.807, 2.05) is 36.1 Å². The van der Waals surface area contributed by atoms with E-state index in [-0.39, 0.29) is 11.9 Å². The second kappa shape index (κ2) is 6.88. The lowest BCUT2D eigenvalue weighted by Crippen LogP contribution is -2.43. The van der Waals surface area contributed by atoms with E-state index >= 15 is 0 Å². The number of piperidine rings is 1. The molecule has 1 aliphatic heterocycles. The van der Waals surface area contributed by atoms with Gasteiger partial charge in [-0.15, -0.1) is 0 Å². The number of likely N-dealkylation sites (tertiary alicyclic amines) is 1. The number of amides is 1. The van der Waals surface area contributed by atoms with E-state index in [1.165, 1.54) is 16.7 Å². The molecule has 5 heteroatoms. The lowest BCUT2D eigenvalue weighted by Gasteiger charge is -2.39. The number of fused-ring (bicyclic) bond motifs is 1. The molecule has 3 atom stereocenters. The van der Waals surface area contributed by atoms with Gasteiger partial charge in [0.05, 0.1) is 12.2 Å². The van der Waals surface area contributed by atoms with Gasteiger partial charge in [0.15, 0.2) is 0 Å². The number of carbonyl (C=O) groups excluding carboxylic acids is 1. The molecule has 0 saturated carbocycles. The van der Waals surface area contributed by atoms with Gasteiger partial charge in [-0.2, -0.15) is 5.10 Å². The van der Waals surface area contributed by atoms with Crippen molar-refractivity contribution < 1.29 is 4.79 Å². The number of nitrogens with one attached hydrogen (secondary N) is 1. The van der Waals surface area contributed by atoms with Gasteiger partial charge in [0.1, 0.15) is 0 Å². The average molecular weight is 352 g/mol. The van der Waals surface area contributed by atoms with Crippen LogP contribution in [0.2, 0.25) is 0 Å². The second-order valence-corrected chi connectivity index (χ2v) is 7.90. The topological polar surface area (TPSA) is 50.2 Å². The van der Waals surface area contributed by atoms with E-state index < -0.39 is 0 Å². The van der Waals surface area contributed by atoms with Crippen molar-refractivity contribution in [3.05, 3.63) is 52.8 Å². The van der Waals surface area contributed by atoms with Gasteiger partial charge >= 0.3 is 0 Å². The summed E-state index contributed by atoms with van der Waals surface area (Å²) in [5, 5.41) is 8.13. The summed E-state index contributed by atoms with van der Waals surface area (Å²) in [5.74, 6) is 0.646. The van der Waals surface area contributed by atoms with Crippen LogP contribution in [0.4, 0.5) is 0 Å². The lowest BCUT2D eigenvalue weighted by molar-refractivity contribution is -0.137. The van der Waals surface area contributed by atoms with E-state index in [1.54, 1.807) is 0 Å². The minimum Gasteiger partial charge on any atom is -0.338 e. The summed E-state index contributed by atoms with van der Waals surface area (Å²) in [6, 6.07) is 7.35. The van der Waals surface area contributed by atoms with E-state index in [4.69, 9.17) is 0 Å². The molecule has 1 N–H and O–H groups in total. The molecular formula is C21H28N4O. The van der Waals surface area contributed by atoms with E-state index in [0.29, 0.717) is 18.4 Å². The molecule has 2 aromatic rings. The van der Waals surface area contributed by atoms with E-state index in [0.717, 1.165) is 31.4 Å². The molecule has 5 nitrogen and oxygen atoms in total. The van der Waals surface area contributed by atoms with Crippen LogP contribution in [0.15, 0.2) is 30.6 Å². The highest BCUT2D eigenvalue weighted by atomic mass is 16.2. The molecule has 1 unspecified atom stereocenters. The van der Waals surface area contributed by atoms with Gasteiger partial charge in [-0.25, -0.2) is 0 Å². The third-order valence-electron chi connectivity index (χ3n) is 6.06. The summed E-state index contributed by atoms with van der Waals surface area (Å²) in [6.07, 6.45) is 7.84. The highest BCUT2D eigenvalue weighted by Gasteiger charge is 2.36. The van der Waals surface area contributed by atoms with Crippen LogP contribution >= 0.6 is 0 Å². The maximum atomic E-state index is 12.3. The fraction of sp³-hybridized carbons (Fsp3) is 0.524. The SMILES string of the molecule is Cc1ccc2c(c1)C(NC[C@H]1CCC(=O)N(C)[C@@H]1c1cnn(C)c1)CC2. The monoisotopic (exact) mass is 352 g/mol. The highest BCUT2D eigenvalue weighted by Crippen LogP contribution is 2.37. The Balaban J connectivity index is 1.50. The maximum absolute atomic E-state index is 12.3. The first-order valence-corrected chi connectivity index (χ1v) is 9.60. The zero-order valence-electron chi connectivity index (χ0n) is 15.9. The van der Waals surface area contributed by atoms with Crippen molar-refractivity contribution >= 4 is 5.91 Å². The van der Waals surface area contributed by atoms with Crippen molar-refractivity contribution in [2.75, 3.05) is 13.6 Å². The van der Waals surface area contributed by atoms with Crippen molar-refractivity contribution in [2.45, 2.75) is 44.7 Å². The zero-order chi connectivity index (χ0) is 18.3. The minimum absolute atomic E-state index is 0.107. The van der Waals surface area contributed by atoms with Crippen LogP contribution in [0.1, 0.15) is 53.6 Å². The number of rotatable bonds is 4. The molecule has 0 bridgehead atoms. The fourth-order valence-electron chi connectivity index (χ4n) is 4.64. The Morgan fingerprint density at radius 2 is 2.08 bits per heavy atom. The normalized spacial score (nSPS) is 25.6. The Kier molecular flexibility index (Phi) is 4.57. The molecule has 1 aliphatic carbocycles. The van der Waals surface area contributed by atoms with Crippen molar-refractivity contribution in [2.24, 2.45) is 13.0 Å². The number of aromatic nitrogens is 2. The number of aryl methyl sites for hydroxylation is 3. The number of hydrogen-bond donors (Lipinski definition) is 1. The van der Waals surface area contributed by atoms with Crippen LogP contribution in [0.25, 0.3) is 0 Å². The quantitative estimate of drug-likeness (QED) is 0.920. The Bertz CT molecular complexity index is 812. The molecule has 0 radical (unpaired) electrons. The Hall–Kier alpha value is -2.14. The molecule has 138 valence electrons. The van der Waals surface area contributed by atoms with Crippen LogP contribution in [-0.2, 0) is 18.3 Å². The van der Waals surface area contributed by atoms with Gasteiger partial charge in [0.2, 0.25) is 5.91 Å². The van der Waals surface area contributed by atoms with E-state index in [9.17, 15) is 4.79 Å². The molecule has 1 saturated heterocycles. The molecular weight excluding hydrogens is 324 g/mol. The van der Waals surface area contributed by atoms with Crippen LogP contribution in [0, 0.1) is 12.8 Å². The Labute approximate surface area is 155 Å². The number of benzene rings is 1. The predicted octanol–water partition coefficient (Wildman–Crippen LogP) is 2.92. The molecule has 1 fully saturated rings. The summed E-state index contributed by atoms with van der Waals surface area (Å²) in [7, 11) is 3.86. The molecule has 1 aromatic carbocycles. The predicted molar refractivity (Wildman–Crippen MR) is 102 cm³/mol. The van der Waals surface area contributed by atoms with Crippen LogP contribution < -0.4 is 5.32 Å². The number of carbonyl (C=O) groups is 1. The largest absolute Gasteiger partial charge is 0.338 e. The lowest BCUT2D eigenvalue weighted by atomic mass is 9.85. The number of nitrogens with zero attached hydrogens (tertiary/aromatic N) is 3. The fourth-order valence-corrected chi connectivity index (χ4v) is 4.64. The third-order valence-corrected chi connectivity index (χ3v) is 6.06. The molecule has 1 amide bonds. The van der Waals surface area contributed by atoms with Gasteiger partial charge in [-0.3, -0.25) is 9.48 Å². The standard InChI is InChI=1S/C21H28N4O/c1-14-4-5-15-6-8-19(18(15)10-14)22-11-16-7-9-20(26)25(3)21(16)17-12-23-24(2)13-17/h4-5,10,12-13,16,19,21-22H,6-9,11H2,1-3H3/t16-,19?,21+/m1/s1. The van der Waals surface area contributed by atoms with Crippen molar-refractivity contribution in [3.63, 3.8) is 0 Å². The molecule has 4 rings (SSSR count). The molecule has 2 aliphatic rings. The van der Waals surface area contributed by atoms with Gasteiger partial charge < -0.3 is 10.2 Å². The van der Waals surface area contributed by atoms with Gasteiger partial charge in [0, 0.05) is 44.9 Å². The van der Waals surface area contributed by atoms with Crippen LogP contribution in [-0.4, -0.2) is 34.2 Å². The minimum atomic E-state index is 0.107. The molecule has 0 spiro atoms. The van der Waals surface area contributed by atoms with Crippen LogP contribution in [0.5, 0.6) is 0 Å². The summed E-state index contributed by atoms with van der Waals surface area (Å²) < 4.78 is 1.82. The second-order valence-electron chi connectivity index (χ2n) is 7.90. The summed E-state index contributed by atoms with van der Waals surface area (Å²) in [5.41, 5.74) is 5.40. The Morgan fingerprint density at radius 3 is 2.85 bits per heavy atom.